The van der Waals surface area contributed by atoms with Gasteiger partial charge in [-0.1, -0.05) is 20.8 Å². The normalized spacial score (nSPS) is 56.6. The van der Waals surface area contributed by atoms with Gasteiger partial charge in [0.15, 0.2) is 0 Å². The average Bonchev–Trinajstić information content (AvgIpc) is 2.10. The van der Waals surface area contributed by atoms with E-state index in [0.717, 1.165) is 16.7 Å². The van der Waals surface area contributed by atoms with E-state index < -0.39 is 0 Å². The molecule has 0 radical (unpaired) electrons. The predicted octanol–water partition coefficient (Wildman–Crippen LogP) is 2.44. The predicted molar refractivity (Wildman–Crippen MR) is 34.6 cm³/mol. The topological polar surface area (TPSA) is 0 Å². The first-order valence-electron chi connectivity index (χ1n) is 3.55. The molecule has 0 spiro atoms. The van der Waals surface area contributed by atoms with E-state index in [4.69, 9.17) is 0 Å². The van der Waals surface area contributed by atoms with Gasteiger partial charge >= 0.3 is 0 Å². The van der Waals surface area contributed by atoms with Crippen LogP contribution in [-0.4, -0.2) is 0 Å². The lowest BCUT2D eigenvalue weighted by Crippen LogP contribution is -2.31. The standard InChI is InChI=1S/C8H14/c1-7(2)5-8(3)4-6(7)8/h6H,4-5H2,1-3H3. The van der Waals surface area contributed by atoms with Crippen LogP contribution in [0.4, 0.5) is 0 Å². The van der Waals surface area contributed by atoms with E-state index in [1.807, 2.05) is 0 Å². The number of hydrogen-bond acceptors (Lipinski definition) is 0. The summed E-state index contributed by atoms with van der Waals surface area (Å²) in [5.41, 5.74) is 1.54. The van der Waals surface area contributed by atoms with Gasteiger partial charge in [0.25, 0.3) is 0 Å². The van der Waals surface area contributed by atoms with Crippen LogP contribution in [-0.2, 0) is 0 Å². The van der Waals surface area contributed by atoms with E-state index >= 15 is 0 Å². The zero-order chi connectivity index (χ0) is 5.99. The Kier molecular flexibility index (Phi) is 0.527. The van der Waals surface area contributed by atoms with Gasteiger partial charge in [-0.3, -0.25) is 0 Å². The van der Waals surface area contributed by atoms with E-state index in [1.165, 1.54) is 12.8 Å². The quantitative estimate of drug-likeness (QED) is 0.449. The minimum absolute atomic E-state index is 0.717. The van der Waals surface area contributed by atoms with Crippen molar-refractivity contribution in [2.24, 2.45) is 16.7 Å². The summed E-state index contributed by atoms with van der Waals surface area (Å²) in [6, 6.07) is 0. The van der Waals surface area contributed by atoms with Gasteiger partial charge < -0.3 is 0 Å². The summed E-state index contributed by atoms with van der Waals surface area (Å²) >= 11 is 0. The van der Waals surface area contributed by atoms with Gasteiger partial charge in [-0.2, -0.15) is 0 Å². The van der Waals surface area contributed by atoms with Crippen molar-refractivity contribution in [3.63, 3.8) is 0 Å². The molecule has 2 fully saturated rings. The third-order valence-electron chi connectivity index (χ3n) is 3.15. The molecule has 2 atom stereocenters. The summed E-state index contributed by atoms with van der Waals surface area (Å²) < 4.78 is 0. The second kappa shape index (κ2) is 0.872. The van der Waals surface area contributed by atoms with Crippen LogP contribution < -0.4 is 0 Å². The smallest absolute Gasteiger partial charge is 0.0284 e. The second-order valence-electron chi connectivity index (χ2n) is 4.58. The van der Waals surface area contributed by atoms with E-state index in [-0.39, 0.29) is 0 Å². The van der Waals surface area contributed by atoms with Crippen molar-refractivity contribution in [2.45, 2.75) is 33.6 Å². The van der Waals surface area contributed by atoms with Crippen LogP contribution in [0.5, 0.6) is 0 Å². The molecule has 0 aromatic heterocycles. The van der Waals surface area contributed by atoms with Crippen LogP contribution in [0.15, 0.2) is 0 Å². The molecule has 0 heterocycles. The molecule has 2 aliphatic rings. The van der Waals surface area contributed by atoms with Gasteiger partial charge in [0.05, 0.1) is 0 Å². The molecule has 2 saturated carbocycles. The molecule has 2 unspecified atom stereocenters. The highest BCUT2D eigenvalue weighted by atomic mass is 14.7. The van der Waals surface area contributed by atoms with E-state index in [9.17, 15) is 0 Å². The second-order valence-corrected chi connectivity index (χ2v) is 4.58. The molecule has 2 aliphatic carbocycles. The Morgan fingerprint density at radius 3 is 1.88 bits per heavy atom. The molecule has 2 rings (SSSR count). The van der Waals surface area contributed by atoms with Crippen LogP contribution in [0.25, 0.3) is 0 Å². The first-order chi connectivity index (χ1) is 3.55. The number of fused-ring (bicyclic) bond motifs is 1. The SMILES string of the molecule is CC1(C)CC2(C)CC12. The molecule has 0 N–H and O–H groups in total. The van der Waals surface area contributed by atoms with E-state index in [2.05, 4.69) is 20.8 Å². The maximum Gasteiger partial charge on any atom is -0.0284 e. The first-order valence-corrected chi connectivity index (χ1v) is 3.55. The molecule has 0 saturated heterocycles. The third-order valence-corrected chi connectivity index (χ3v) is 3.15. The zero-order valence-electron chi connectivity index (χ0n) is 5.99. The highest BCUT2D eigenvalue weighted by Gasteiger charge is 2.67. The van der Waals surface area contributed by atoms with Crippen molar-refractivity contribution in [3.8, 4) is 0 Å². The van der Waals surface area contributed by atoms with E-state index in [1.54, 1.807) is 0 Å². The highest BCUT2D eigenvalue weighted by Crippen LogP contribution is 2.76. The summed E-state index contributed by atoms with van der Waals surface area (Å²) in [6.07, 6.45) is 2.99. The molecule has 0 bridgehead atoms. The Balaban J connectivity index is 2.16. The van der Waals surface area contributed by atoms with Gasteiger partial charge in [0.2, 0.25) is 0 Å². The summed E-state index contributed by atoms with van der Waals surface area (Å²) in [5.74, 6) is 1.09. The molecule has 0 amide bonds. The van der Waals surface area contributed by atoms with Crippen molar-refractivity contribution in [1.82, 2.24) is 0 Å². The summed E-state index contributed by atoms with van der Waals surface area (Å²) in [4.78, 5) is 0. The molecule has 0 nitrogen and oxygen atoms in total. The zero-order valence-corrected chi connectivity index (χ0v) is 5.99. The maximum atomic E-state index is 2.42. The maximum absolute atomic E-state index is 2.42. The lowest BCUT2D eigenvalue weighted by atomic mass is 9.65. The van der Waals surface area contributed by atoms with Crippen LogP contribution in [0, 0.1) is 16.7 Å². The van der Waals surface area contributed by atoms with Crippen LogP contribution in [0.3, 0.4) is 0 Å². The molecular weight excluding hydrogens is 96.1 g/mol. The largest absolute Gasteiger partial charge is 0.0596 e. The minimum atomic E-state index is 0.717. The van der Waals surface area contributed by atoms with Crippen molar-refractivity contribution < 1.29 is 0 Å². The van der Waals surface area contributed by atoms with Crippen molar-refractivity contribution in [2.75, 3.05) is 0 Å². The first kappa shape index (κ1) is 4.84. The number of hydrogen-bond donors (Lipinski definition) is 0. The lowest BCUT2D eigenvalue weighted by Gasteiger charge is -2.39. The average molecular weight is 110 g/mol. The fraction of sp³-hybridized carbons (Fsp3) is 1.00. The highest BCUT2D eigenvalue weighted by molar-refractivity contribution is 5.16. The molecule has 0 aromatic rings. The Bertz CT molecular complexity index is 135. The molecule has 0 heteroatoms. The third kappa shape index (κ3) is 0.340. The summed E-state index contributed by atoms with van der Waals surface area (Å²) in [6.45, 7) is 7.21. The van der Waals surface area contributed by atoms with Gasteiger partial charge in [0, 0.05) is 0 Å². The van der Waals surface area contributed by atoms with Gasteiger partial charge in [-0.25, -0.2) is 0 Å². The van der Waals surface area contributed by atoms with Crippen molar-refractivity contribution >= 4 is 0 Å². The van der Waals surface area contributed by atoms with Gasteiger partial charge in [0.1, 0.15) is 0 Å². The fourth-order valence-corrected chi connectivity index (χ4v) is 2.86. The van der Waals surface area contributed by atoms with Crippen LogP contribution in [0.2, 0.25) is 0 Å². The lowest BCUT2D eigenvalue weighted by molar-refractivity contribution is 0.0985. The summed E-state index contributed by atoms with van der Waals surface area (Å²) in [5, 5.41) is 0. The monoisotopic (exact) mass is 110 g/mol. The molecule has 46 valence electrons. The Labute approximate surface area is 51.3 Å². The number of rotatable bonds is 0. The molecule has 0 aromatic carbocycles. The van der Waals surface area contributed by atoms with Crippen LogP contribution >= 0.6 is 0 Å². The van der Waals surface area contributed by atoms with Crippen molar-refractivity contribution in [3.05, 3.63) is 0 Å². The molecule has 8 heavy (non-hydrogen) atoms. The Morgan fingerprint density at radius 2 is 1.88 bits per heavy atom. The van der Waals surface area contributed by atoms with E-state index in [0.29, 0.717) is 0 Å². The van der Waals surface area contributed by atoms with Crippen molar-refractivity contribution in [1.29, 1.82) is 0 Å². The minimum Gasteiger partial charge on any atom is -0.0596 e. The molecule has 0 aliphatic heterocycles. The fourth-order valence-electron chi connectivity index (χ4n) is 2.86. The van der Waals surface area contributed by atoms with Crippen LogP contribution in [0.1, 0.15) is 33.6 Å². The summed E-state index contributed by atoms with van der Waals surface area (Å²) in [7, 11) is 0. The Hall–Kier alpha value is 0. The Morgan fingerprint density at radius 1 is 1.25 bits per heavy atom. The van der Waals surface area contributed by atoms with Gasteiger partial charge in [-0.15, -0.1) is 0 Å². The van der Waals surface area contributed by atoms with Gasteiger partial charge in [-0.05, 0) is 29.6 Å². The molecular formula is C8H14.